The number of aromatic nitrogens is 2. The zero-order valence-corrected chi connectivity index (χ0v) is 16.6. The first-order valence-corrected chi connectivity index (χ1v) is 7.51. The van der Waals surface area contributed by atoms with Crippen molar-refractivity contribution in [2.45, 2.75) is 19.9 Å². The van der Waals surface area contributed by atoms with Crippen LogP contribution in [0.3, 0.4) is 0 Å². The van der Waals surface area contributed by atoms with Crippen LogP contribution in [0.2, 0.25) is 10.0 Å². The Morgan fingerprint density at radius 1 is 1.30 bits per heavy atom. The molecule has 2 aromatic rings. The normalized spacial score (nSPS) is 11.0. The van der Waals surface area contributed by atoms with Gasteiger partial charge in [0.1, 0.15) is 0 Å². The summed E-state index contributed by atoms with van der Waals surface area (Å²) in [6.45, 7) is 2.97. The number of halogens is 3. The van der Waals surface area contributed by atoms with Gasteiger partial charge in [0.2, 0.25) is 5.89 Å². The molecule has 0 bridgehead atoms. The number of benzene rings is 1. The lowest BCUT2D eigenvalue weighted by Gasteiger charge is -2.12. The van der Waals surface area contributed by atoms with Crippen molar-refractivity contribution in [1.29, 1.82) is 0 Å². The Labute approximate surface area is 162 Å². The summed E-state index contributed by atoms with van der Waals surface area (Å²) in [6, 6.07) is 5.40. The van der Waals surface area contributed by atoms with Gasteiger partial charge in [0, 0.05) is 36.6 Å². The lowest BCUT2D eigenvalue weighted by atomic mass is 10.2. The predicted molar refractivity (Wildman–Crippen MR) is 103 cm³/mol. The van der Waals surface area contributed by atoms with E-state index < -0.39 is 0 Å². The van der Waals surface area contributed by atoms with Crippen molar-refractivity contribution in [3.8, 4) is 0 Å². The fourth-order valence-electron chi connectivity index (χ4n) is 1.79. The van der Waals surface area contributed by atoms with Gasteiger partial charge < -0.3 is 15.2 Å². The number of nitrogens with one attached hydrogen (secondary N) is 2. The van der Waals surface area contributed by atoms with Crippen molar-refractivity contribution < 1.29 is 4.52 Å². The molecule has 0 atom stereocenters. The second kappa shape index (κ2) is 9.94. The fraction of sp³-hybridized carbons (Fsp3) is 0.357. The molecule has 0 radical (unpaired) electrons. The smallest absolute Gasteiger partial charge is 0.228 e. The maximum atomic E-state index is 6.13. The quantitative estimate of drug-likeness (QED) is 0.399. The number of hydrogen-bond acceptors (Lipinski definition) is 4. The Bertz CT molecular complexity index is 662. The summed E-state index contributed by atoms with van der Waals surface area (Å²) < 4.78 is 5.04. The van der Waals surface area contributed by atoms with E-state index in [1.165, 1.54) is 0 Å². The van der Waals surface area contributed by atoms with E-state index >= 15 is 0 Å². The Balaban J connectivity index is 0.00000264. The summed E-state index contributed by atoms with van der Waals surface area (Å²) in [5.74, 6) is 1.90. The average Bonchev–Trinajstić information content (AvgIpc) is 2.89. The highest BCUT2D eigenvalue weighted by atomic mass is 127. The van der Waals surface area contributed by atoms with Gasteiger partial charge in [0.25, 0.3) is 0 Å². The van der Waals surface area contributed by atoms with Gasteiger partial charge in [-0.3, -0.25) is 4.99 Å². The van der Waals surface area contributed by atoms with E-state index in [2.05, 4.69) is 25.8 Å². The van der Waals surface area contributed by atoms with E-state index in [-0.39, 0.29) is 24.0 Å². The van der Waals surface area contributed by atoms with Crippen molar-refractivity contribution in [2.24, 2.45) is 4.99 Å². The van der Waals surface area contributed by atoms with Gasteiger partial charge in [-0.05, 0) is 24.6 Å². The lowest BCUT2D eigenvalue weighted by molar-refractivity contribution is 0.374. The largest absolute Gasteiger partial charge is 0.356 e. The summed E-state index contributed by atoms with van der Waals surface area (Å²) in [7, 11) is 1.70. The summed E-state index contributed by atoms with van der Waals surface area (Å²) >= 11 is 12.0. The molecule has 6 nitrogen and oxygen atoms in total. The van der Waals surface area contributed by atoms with Crippen molar-refractivity contribution in [3.63, 3.8) is 0 Å². The first kappa shape index (κ1) is 20.0. The van der Waals surface area contributed by atoms with Crippen molar-refractivity contribution in [1.82, 2.24) is 20.8 Å². The molecule has 9 heteroatoms. The van der Waals surface area contributed by atoms with Gasteiger partial charge in [-0.2, -0.15) is 4.98 Å². The maximum Gasteiger partial charge on any atom is 0.228 e. The van der Waals surface area contributed by atoms with E-state index in [1.807, 2.05) is 6.07 Å². The van der Waals surface area contributed by atoms with Crippen LogP contribution in [0.15, 0.2) is 27.7 Å². The average molecular weight is 470 g/mol. The molecule has 0 aliphatic carbocycles. The molecule has 2 N–H and O–H groups in total. The Kier molecular flexibility index (Phi) is 8.64. The van der Waals surface area contributed by atoms with Crippen LogP contribution in [0.5, 0.6) is 0 Å². The fourth-order valence-corrected chi connectivity index (χ4v) is 2.27. The molecule has 0 spiro atoms. The second-order valence-electron chi connectivity index (χ2n) is 4.57. The highest BCUT2D eigenvalue weighted by Crippen LogP contribution is 2.20. The molecule has 1 aromatic carbocycles. The van der Waals surface area contributed by atoms with E-state index in [0.29, 0.717) is 47.2 Å². The Morgan fingerprint density at radius 3 is 2.70 bits per heavy atom. The summed E-state index contributed by atoms with van der Waals surface area (Å²) in [5, 5.41) is 11.3. The molecule has 0 aliphatic rings. The number of nitrogens with zero attached hydrogens (tertiary/aromatic N) is 3. The van der Waals surface area contributed by atoms with Crippen molar-refractivity contribution in [2.75, 3.05) is 13.6 Å². The van der Waals surface area contributed by atoms with Crippen LogP contribution in [-0.4, -0.2) is 29.7 Å². The molecule has 126 valence electrons. The number of aliphatic imine (C=N–C) groups is 1. The molecule has 0 amide bonds. The third-order valence-electron chi connectivity index (χ3n) is 2.89. The van der Waals surface area contributed by atoms with E-state index in [9.17, 15) is 0 Å². The molecule has 0 fully saturated rings. The van der Waals surface area contributed by atoms with Crippen molar-refractivity contribution in [3.05, 3.63) is 45.5 Å². The number of rotatable bonds is 5. The van der Waals surface area contributed by atoms with Crippen LogP contribution in [0.4, 0.5) is 0 Å². The first-order valence-electron chi connectivity index (χ1n) is 6.76. The number of aryl methyl sites for hydroxylation is 1. The summed E-state index contributed by atoms with van der Waals surface area (Å²) in [5.41, 5.74) is 0.946. The van der Waals surface area contributed by atoms with E-state index in [0.717, 1.165) is 5.56 Å². The number of guanidine groups is 1. The van der Waals surface area contributed by atoms with Gasteiger partial charge >= 0.3 is 0 Å². The Hall–Kier alpha value is -1.06. The van der Waals surface area contributed by atoms with Gasteiger partial charge in [0.05, 0.1) is 0 Å². The minimum absolute atomic E-state index is 0. The molecule has 2 rings (SSSR count). The van der Waals surface area contributed by atoms with Crippen LogP contribution in [-0.2, 0) is 13.0 Å². The zero-order chi connectivity index (χ0) is 15.9. The second-order valence-corrected chi connectivity index (χ2v) is 5.42. The van der Waals surface area contributed by atoms with Crippen LogP contribution in [0.25, 0.3) is 0 Å². The molecule has 1 aromatic heterocycles. The van der Waals surface area contributed by atoms with Gasteiger partial charge in [-0.1, -0.05) is 34.4 Å². The molecule has 0 saturated heterocycles. The number of hydrogen-bond donors (Lipinski definition) is 2. The van der Waals surface area contributed by atoms with Crippen LogP contribution < -0.4 is 10.6 Å². The van der Waals surface area contributed by atoms with Gasteiger partial charge in [-0.25, -0.2) is 0 Å². The third kappa shape index (κ3) is 6.52. The summed E-state index contributed by atoms with van der Waals surface area (Å²) in [6.07, 6.45) is 0.628. The standard InChI is InChI=1S/C14H17Cl2N5O.HI/c1-9-20-13(22-21-9)5-6-18-14(17-2)19-8-10-3-4-11(15)7-12(10)16;/h3-4,7H,5-6,8H2,1-2H3,(H2,17,18,19);1H. The van der Waals surface area contributed by atoms with Gasteiger partial charge in [-0.15, -0.1) is 24.0 Å². The predicted octanol–water partition coefficient (Wildman–Crippen LogP) is 3.21. The van der Waals surface area contributed by atoms with Crippen molar-refractivity contribution >= 4 is 53.1 Å². The molecular formula is C14H18Cl2IN5O. The molecular weight excluding hydrogens is 452 g/mol. The van der Waals surface area contributed by atoms with Gasteiger partial charge in [0.15, 0.2) is 11.8 Å². The zero-order valence-electron chi connectivity index (χ0n) is 12.8. The molecule has 23 heavy (non-hydrogen) atoms. The molecule has 1 heterocycles. The monoisotopic (exact) mass is 469 g/mol. The maximum absolute atomic E-state index is 6.13. The summed E-state index contributed by atoms with van der Waals surface area (Å²) in [4.78, 5) is 8.28. The lowest BCUT2D eigenvalue weighted by Crippen LogP contribution is -2.37. The third-order valence-corrected chi connectivity index (χ3v) is 3.47. The molecule has 0 aliphatic heterocycles. The van der Waals surface area contributed by atoms with Crippen LogP contribution in [0, 0.1) is 6.92 Å². The SMILES string of the molecule is CN=C(NCCc1nc(C)no1)NCc1ccc(Cl)cc1Cl.I. The van der Waals surface area contributed by atoms with E-state index in [4.69, 9.17) is 27.7 Å². The minimum Gasteiger partial charge on any atom is -0.356 e. The highest BCUT2D eigenvalue weighted by molar-refractivity contribution is 14.0. The first-order chi connectivity index (χ1) is 10.6. The minimum atomic E-state index is 0. The highest BCUT2D eigenvalue weighted by Gasteiger charge is 2.05. The van der Waals surface area contributed by atoms with E-state index in [1.54, 1.807) is 26.1 Å². The van der Waals surface area contributed by atoms with Crippen LogP contribution in [0.1, 0.15) is 17.3 Å². The topological polar surface area (TPSA) is 75.3 Å². The Morgan fingerprint density at radius 2 is 2.09 bits per heavy atom. The molecule has 0 saturated carbocycles. The molecule has 0 unspecified atom stereocenters. The van der Waals surface area contributed by atoms with Crippen LogP contribution >= 0.6 is 47.2 Å².